The largest absolute Gasteiger partial charge is 0.493 e. The molecule has 4 rings (SSSR count). The Morgan fingerprint density at radius 2 is 1.94 bits per heavy atom. The van der Waals surface area contributed by atoms with Crippen molar-refractivity contribution in [2.75, 3.05) is 26.1 Å². The van der Waals surface area contributed by atoms with Gasteiger partial charge in [0.2, 0.25) is 0 Å². The first-order valence-corrected chi connectivity index (χ1v) is 10.3. The summed E-state index contributed by atoms with van der Waals surface area (Å²) in [7, 11) is 3.16. The fraction of sp³-hybridized carbons (Fsp3) is 0.125. The molecule has 7 nitrogen and oxygen atoms in total. The summed E-state index contributed by atoms with van der Waals surface area (Å²) in [5, 5.41) is 3.61. The molecule has 2 aromatic carbocycles. The number of ether oxygens (including phenoxy) is 3. The van der Waals surface area contributed by atoms with Gasteiger partial charge in [0.15, 0.2) is 17.3 Å². The van der Waals surface area contributed by atoms with Gasteiger partial charge in [0, 0.05) is 30.8 Å². The molecule has 1 N–H and O–H groups in total. The molecule has 0 radical (unpaired) electrons. The molecule has 0 atom stereocenters. The van der Waals surface area contributed by atoms with E-state index in [1.165, 1.54) is 12.4 Å². The molecule has 9 heteroatoms. The normalized spacial score (nSPS) is 11.2. The Kier molecular flexibility index (Phi) is 6.97. The summed E-state index contributed by atoms with van der Waals surface area (Å²) < 4.78 is 31.0. The van der Waals surface area contributed by atoms with E-state index in [4.69, 9.17) is 25.8 Å². The highest BCUT2D eigenvalue weighted by atomic mass is 35.5. The second-order valence-corrected chi connectivity index (χ2v) is 7.25. The summed E-state index contributed by atoms with van der Waals surface area (Å²) in [6, 6.07) is 11.7. The summed E-state index contributed by atoms with van der Waals surface area (Å²) in [5.74, 6) is 1.31. The number of methoxy groups -OCH3 is 2. The third kappa shape index (κ3) is 5.19. The van der Waals surface area contributed by atoms with Crippen molar-refractivity contribution in [3.05, 3.63) is 77.6 Å². The van der Waals surface area contributed by atoms with E-state index in [9.17, 15) is 4.39 Å². The number of halogens is 2. The number of nitrogens with zero attached hydrogens (tertiary/aromatic N) is 3. The quantitative estimate of drug-likeness (QED) is 0.340. The third-order valence-electron chi connectivity index (χ3n) is 4.66. The first kappa shape index (κ1) is 22.4. The zero-order chi connectivity index (χ0) is 23.2. The van der Waals surface area contributed by atoms with Crippen molar-refractivity contribution in [1.82, 2.24) is 15.0 Å². The molecule has 0 aliphatic heterocycles. The molecule has 0 amide bonds. The Hall–Kier alpha value is -3.75. The minimum atomic E-state index is -0.568. The van der Waals surface area contributed by atoms with Crippen LogP contribution in [0.15, 0.2) is 61.1 Å². The molecule has 0 fully saturated rings. The highest BCUT2D eigenvalue weighted by molar-refractivity contribution is 6.31. The first-order valence-electron chi connectivity index (χ1n) is 9.92. The Balaban J connectivity index is 1.71. The van der Waals surface area contributed by atoms with Crippen molar-refractivity contribution in [2.24, 2.45) is 0 Å². The Morgan fingerprint density at radius 1 is 1.06 bits per heavy atom. The molecular formula is C24H20ClFN4O3. The summed E-state index contributed by atoms with van der Waals surface area (Å²) in [6.45, 7) is 0.480. The van der Waals surface area contributed by atoms with Crippen LogP contribution >= 0.6 is 11.6 Å². The van der Waals surface area contributed by atoms with Gasteiger partial charge in [-0.3, -0.25) is 4.98 Å². The van der Waals surface area contributed by atoms with E-state index in [1.54, 1.807) is 56.8 Å². The Labute approximate surface area is 194 Å². The van der Waals surface area contributed by atoms with Crippen LogP contribution in [0.25, 0.3) is 17.0 Å². The number of pyridine rings is 1. The van der Waals surface area contributed by atoms with Crippen molar-refractivity contribution in [1.29, 1.82) is 0 Å². The molecule has 168 valence electrons. The number of nitrogens with one attached hydrogen (secondary N) is 1. The van der Waals surface area contributed by atoms with Crippen LogP contribution in [0.5, 0.6) is 17.2 Å². The van der Waals surface area contributed by atoms with E-state index < -0.39 is 5.82 Å². The molecule has 2 heterocycles. The van der Waals surface area contributed by atoms with Gasteiger partial charge in [-0.2, -0.15) is 0 Å². The Morgan fingerprint density at radius 3 is 2.76 bits per heavy atom. The summed E-state index contributed by atoms with van der Waals surface area (Å²) in [4.78, 5) is 12.9. The predicted molar refractivity (Wildman–Crippen MR) is 126 cm³/mol. The highest BCUT2D eigenvalue weighted by Gasteiger charge is 2.14. The second kappa shape index (κ2) is 10.2. The predicted octanol–water partition coefficient (Wildman–Crippen LogP) is 6.02. The van der Waals surface area contributed by atoms with Gasteiger partial charge < -0.3 is 19.5 Å². The molecule has 0 unspecified atom stereocenters. The number of rotatable bonds is 8. The van der Waals surface area contributed by atoms with Gasteiger partial charge in [-0.05, 0) is 30.3 Å². The standard InChI is InChI=1S/C24H20ClFN4O3/c1-31-10-4-5-15-11-16(8-9-27-15)33-22-12-17-20(13-21(22)32-2)28-14-29-24(17)30-19-7-3-6-18(25)23(19)26/h3-9,11-14H,10H2,1-2H3,(H,28,29,30)/b5-4+. The van der Waals surface area contributed by atoms with Gasteiger partial charge in [0.25, 0.3) is 0 Å². The van der Waals surface area contributed by atoms with Crippen LogP contribution in [-0.2, 0) is 4.74 Å². The number of anilines is 2. The third-order valence-corrected chi connectivity index (χ3v) is 4.95. The minimum absolute atomic E-state index is 0.0112. The lowest BCUT2D eigenvalue weighted by Crippen LogP contribution is -2.00. The maximum atomic E-state index is 14.4. The number of fused-ring (bicyclic) bond motifs is 1. The lowest BCUT2D eigenvalue weighted by Gasteiger charge is -2.14. The van der Waals surface area contributed by atoms with Crippen molar-refractivity contribution in [3.63, 3.8) is 0 Å². The van der Waals surface area contributed by atoms with Crippen LogP contribution in [0.1, 0.15) is 5.69 Å². The van der Waals surface area contributed by atoms with Crippen molar-refractivity contribution in [2.45, 2.75) is 0 Å². The van der Waals surface area contributed by atoms with E-state index in [0.29, 0.717) is 46.3 Å². The average molecular weight is 467 g/mol. The SMILES string of the molecule is COC/C=C/c1cc(Oc2cc3c(Nc4cccc(Cl)c4F)ncnc3cc2OC)ccn1. The number of hydrogen-bond donors (Lipinski definition) is 1. The Bertz CT molecular complexity index is 1320. The summed E-state index contributed by atoms with van der Waals surface area (Å²) in [5.41, 5.74) is 1.51. The zero-order valence-corrected chi connectivity index (χ0v) is 18.6. The molecule has 0 saturated carbocycles. The van der Waals surface area contributed by atoms with Crippen LogP contribution in [0.4, 0.5) is 15.9 Å². The minimum Gasteiger partial charge on any atom is -0.493 e. The van der Waals surface area contributed by atoms with Gasteiger partial charge in [-0.25, -0.2) is 14.4 Å². The van der Waals surface area contributed by atoms with Crippen LogP contribution < -0.4 is 14.8 Å². The van der Waals surface area contributed by atoms with E-state index in [0.717, 1.165) is 0 Å². The van der Waals surface area contributed by atoms with Crippen LogP contribution in [0.3, 0.4) is 0 Å². The second-order valence-electron chi connectivity index (χ2n) is 6.85. The lowest BCUT2D eigenvalue weighted by atomic mass is 10.2. The van der Waals surface area contributed by atoms with Crippen LogP contribution in [0, 0.1) is 5.82 Å². The number of aromatic nitrogens is 3. The molecule has 0 aliphatic rings. The van der Waals surface area contributed by atoms with E-state index >= 15 is 0 Å². The van der Waals surface area contributed by atoms with E-state index in [1.807, 2.05) is 12.2 Å². The fourth-order valence-electron chi connectivity index (χ4n) is 3.11. The van der Waals surface area contributed by atoms with Gasteiger partial charge in [0.1, 0.15) is 17.9 Å². The van der Waals surface area contributed by atoms with Crippen molar-refractivity contribution < 1.29 is 18.6 Å². The smallest absolute Gasteiger partial charge is 0.170 e. The molecule has 33 heavy (non-hydrogen) atoms. The monoisotopic (exact) mass is 466 g/mol. The zero-order valence-electron chi connectivity index (χ0n) is 17.9. The molecule has 2 aromatic heterocycles. The van der Waals surface area contributed by atoms with E-state index in [-0.39, 0.29) is 10.7 Å². The lowest BCUT2D eigenvalue weighted by molar-refractivity contribution is 0.234. The molecule has 0 saturated heterocycles. The van der Waals surface area contributed by atoms with Gasteiger partial charge in [0.05, 0.1) is 35.6 Å². The average Bonchev–Trinajstić information content (AvgIpc) is 2.82. The van der Waals surface area contributed by atoms with Gasteiger partial charge in [-0.1, -0.05) is 23.7 Å². The number of hydrogen-bond acceptors (Lipinski definition) is 7. The van der Waals surface area contributed by atoms with Gasteiger partial charge >= 0.3 is 0 Å². The summed E-state index contributed by atoms with van der Waals surface area (Å²) >= 11 is 5.90. The highest BCUT2D eigenvalue weighted by Crippen LogP contribution is 2.37. The maximum absolute atomic E-state index is 14.4. The van der Waals surface area contributed by atoms with Crippen molar-refractivity contribution in [3.8, 4) is 17.2 Å². The van der Waals surface area contributed by atoms with Crippen molar-refractivity contribution >= 4 is 40.1 Å². The van der Waals surface area contributed by atoms with Crippen LogP contribution in [0.2, 0.25) is 5.02 Å². The van der Waals surface area contributed by atoms with E-state index in [2.05, 4.69) is 20.3 Å². The molecule has 0 aliphatic carbocycles. The fourth-order valence-corrected chi connectivity index (χ4v) is 3.28. The molecular weight excluding hydrogens is 447 g/mol. The summed E-state index contributed by atoms with van der Waals surface area (Å²) in [6.07, 6.45) is 6.72. The molecule has 4 aromatic rings. The first-order chi connectivity index (χ1) is 16.1. The molecule has 0 spiro atoms. The number of benzene rings is 2. The maximum Gasteiger partial charge on any atom is 0.170 e. The molecule has 0 bridgehead atoms. The van der Waals surface area contributed by atoms with Gasteiger partial charge in [-0.15, -0.1) is 0 Å². The topological polar surface area (TPSA) is 78.4 Å². The van der Waals surface area contributed by atoms with Crippen LogP contribution in [-0.4, -0.2) is 35.8 Å².